The number of methoxy groups -OCH3 is 2. The molecule has 0 bridgehead atoms. The highest BCUT2D eigenvalue weighted by Gasteiger charge is 2.28. The number of hydrogen-bond acceptors (Lipinski definition) is 6. The minimum Gasteiger partial charge on any atom is -0.497 e. The normalized spacial score (nSPS) is 14.7. The number of benzene rings is 1. The van der Waals surface area contributed by atoms with Crippen LogP contribution in [0.15, 0.2) is 41.4 Å². The number of ether oxygens (including phenoxy) is 2. The molecule has 1 fully saturated rings. The van der Waals surface area contributed by atoms with Gasteiger partial charge in [0.1, 0.15) is 29.2 Å². The lowest BCUT2D eigenvalue weighted by atomic mass is 9.95. The summed E-state index contributed by atoms with van der Waals surface area (Å²) < 4.78 is 17.8. The lowest BCUT2D eigenvalue weighted by Crippen LogP contribution is -2.38. The zero-order valence-electron chi connectivity index (χ0n) is 17.5. The first-order valence-corrected chi connectivity index (χ1v) is 10.0. The van der Waals surface area contributed by atoms with Crippen LogP contribution in [0, 0.1) is 6.92 Å². The van der Waals surface area contributed by atoms with E-state index in [9.17, 15) is 4.79 Å². The summed E-state index contributed by atoms with van der Waals surface area (Å²) in [6.45, 7) is 3.84. The van der Waals surface area contributed by atoms with Crippen molar-refractivity contribution < 1.29 is 18.8 Å². The number of aryl methyl sites for hydroxylation is 1. The van der Waals surface area contributed by atoms with E-state index in [0.29, 0.717) is 36.8 Å². The van der Waals surface area contributed by atoms with Gasteiger partial charge in [-0.3, -0.25) is 4.79 Å². The molecule has 3 aromatic rings. The summed E-state index contributed by atoms with van der Waals surface area (Å²) in [5.41, 5.74) is 2.26. The molecule has 8 nitrogen and oxygen atoms in total. The molecule has 2 aromatic heterocycles. The van der Waals surface area contributed by atoms with Gasteiger partial charge in [0.2, 0.25) is 0 Å². The van der Waals surface area contributed by atoms with Gasteiger partial charge in [0.25, 0.3) is 5.91 Å². The maximum Gasteiger partial charge on any atom is 0.259 e. The van der Waals surface area contributed by atoms with Gasteiger partial charge >= 0.3 is 0 Å². The second-order valence-electron chi connectivity index (χ2n) is 7.51. The van der Waals surface area contributed by atoms with Crippen molar-refractivity contribution in [1.82, 2.24) is 19.6 Å². The van der Waals surface area contributed by atoms with Gasteiger partial charge in [0.15, 0.2) is 0 Å². The van der Waals surface area contributed by atoms with Crippen LogP contribution in [0.2, 0.25) is 0 Å². The second kappa shape index (κ2) is 8.61. The maximum absolute atomic E-state index is 12.7. The number of carbonyl (C=O) groups is 1. The van der Waals surface area contributed by atoms with Crippen molar-refractivity contribution >= 4 is 5.91 Å². The van der Waals surface area contributed by atoms with Crippen LogP contribution in [0.25, 0.3) is 0 Å². The van der Waals surface area contributed by atoms with Gasteiger partial charge in [-0.25, -0.2) is 4.98 Å². The third-order valence-electron chi connectivity index (χ3n) is 5.64. The van der Waals surface area contributed by atoms with E-state index in [1.165, 1.54) is 6.26 Å². The number of nitrogens with zero attached hydrogens (tertiary/aromatic N) is 4. The summed E-state index contributed by atoms with van der Waals surface area (Å²) in [6, 6.07) is 5.88. The number of rotatable bonds is 6. The smallest absolute Gasteiger partial charge is 0.259 e. The average molecular weight is 410 g/mol. The number of hydrogen-bond donors (Lipinski definition) is 0. The molecular formula is C22H26N4O4. The molecule has 8 heteroatoms. The molecule has 1 aliphatic rings. The van der Waals surface area contributed by atoms with Crippen LogP contribution in [-0.4, -0.2) is 52.8 Å². The Morgan fingerprint density at radius 2 is 1.87 bits per heavy atom. The molecule has 1 aliphatic heterocycles. The summed E-state index contributed by atoms with van der Waals surface area (Å²) in [6.07, 6.45) is 7.01. The fraction of sp³-hybridized carbons (Fsp3) is 0.409. The first-order valence-electron chi connectivity index (χ1n) is 10.0. The molecule has 0 radical (unpaired) electrons. The van der Waals surface area contributed by atoms with E-state index in [2.05, 4.69) is 14.7 Å². The molecule has 1 saturated heterocycles. The Morgan fingerprint density at radius 3 is 2.47 bits per heavy atom. The molecule has 0 saturated carbocycles. The van der Waals surface area contributed by atoms with Gasteiger partial charge in [0.05, 0.1) is 19.9 Å². The predicted octanol–water partition coefficient (Wildman–Crippen LogP) is 3.26. The van der Waals surface area contributed by atoms with Gasteiger partial charge in [-0.1, -0.05) is 5.16 Å². The zero-order chi connectivity index (χ0) is 21.1. The SMILES string of the molecule is COc1cc(Cn2ccnc2C2CCN(C(=O)c3conc3C)CC2)cc(OC)c1. The summed E-state index contributed by atoms with van der Waals surface area (Å²) in [5.74, 6) is 2.87. The standard InChI is InChI=1S/C22H26N4O4/c1-15-20(14-30-24-15)22(27)25-7-4-17(5-8-25)21-23-6-9-26(21)13-16-10-18(28-2)12-19(11-16)29-3/h6,9-12,14,17H,4-5,7-8,13H2,1-3H3. The minimum absolute atomic E-state index is 0.0148. The average Bonchev–Trinajstić information content (AvgIpc) is 3.41. The molecular weight excluding hydrogens is 384 g/mol. The number of aromatic nitrogens is 3. The molecule has 30 heavy (non-hydrogen) atoms. The predicted molar refractivity (Wildman–Crippen MR) is 110 cm³/mol. The summed E-state index contributed by atoms with van der Waals surface area (Å²) in [5, 5.41) is 3.81. The van der Waals surface area contributed by atoms with E-state index in [1.807, 2.05) is 35.5 Å². The molecule has 0 spiro atoms. The molecule has 4 rings (SSSR count). The van der Waals surface area contributed by atoms with Crippen molar-refractivity contribution in [1.29, 1.82) is 0 Å². The van der Waals surface area contributed by atoms with Crippen molar-refractivity contribution in [3.63, 3.8) is 0 Å². The number of piperidine rings is 1. The van der Waals surface area contributed by atoms with Crippen LogP contribution in [0.3, 0.4) is 0 Å². The Bertz CT molecular complexity index is 996. The fourth-order valence-corrected chi connectivity index (χ4v) is 3.98. The van der Waals surface area contributed by atoms with Gasteiger partial charge in [-0.05, 0) is 37.5 Å². The van der Waals surface area contributed by atoms with Crippen LogP contribution in [-0.2, 0) is 6.54 Å². The Hall–Kier alpha value is -3.29. The molecule has 0 aliphatic carbocycles. The lowest BCUT2D eigenvalue weighted by Gasteiger charge is -2.31. The molecule has 1 aromatic carbocycles. The van der Waals surface area contributed by atoms with E-state index in [-0.39, 0.29) is 5.91 Å². The van der Waals surface area contributed by atoms with Gasteiger partial charge in [-0.2, -0.15) is 0 Å². The number of carbonyl (C=O) groups excluding carboxylic acids is 1. The molecule has 3 heterocycles. The van der Waals surface area contributed by atoms with Crippen molar-refractivity contribution in [2.75, 3.05) is 27.3 Å². The van der Waals surface area contributed by atoms with Gasteiger partial charge in [0, 0.05) is 44.0 Å². The Labute approximate surface area is 175 Å². The Balaban J connectivity index is 1.44. The number of likely N-dealkylation sites (tertiary alicyclic amines) is 1. The summed E-state index contributed by atoms with van der Waals surface area (Å²) >= 11 is 0. The monoisotopic (exact) mass is 410 g/mol. The first kappa shape index (κ1) is 20.0. The topological polar surface area (TPSA) is 82.6 Å². The third-order valence-corrected chi connectivity index (χ3v) is 5.64. The largest absolute Gasteiger partial charge is 0.497 e. The van der Waals surface area contributed by atoms with Crippen LogP contribution in [0.1, 0.15) is 46.2 Å². The lowest BCUT2D eigenvalue weighted by molar-refractivity contribution is 0.0709. The van der Waals surface area contributed by atoms with Crippen molar-refractivity contribution in [2.24, 2.45) is 0 Å². The third kappa shape index (κ3) is 4.03. The Kier molecular flexibility index (Phi) is 5.74. The molecule has 0 unspecified atom stereocenters. The molecule has 0 atom stereocenters. The summed E-state index contributed by atoms with van der Waals surface area (Å²) in [7, 11) is 3.30. The van der Waals surface area contributed by atoms with E-state index < -0.39 is 0 Å². The molecule has 1 amide bonds. The van der Waals surface area contributed by atoms with Crippen LogP contribution >= 0.6 is 0 Å². The van der Waals surface area contributed by atoms with E-state index >= 15 is 0 Å². The highest BCUT2D eigenvalue weighted by atomic mass is 16.5. The van der Waals surface area contributed by atoms with Gasteiger partial charge in [-0.15, -0.1) is 0 Å². The van der Waals surface area contributed by atoms with Crippen LogP contribution in [0.5, 0.6) is 11.5 Å². The minimum atomic E-state index is -0.0148. The first-order chi connectivity index (χ1) is 14.6. The Morgan fingerprint density at radius 1 is 1.17 bits per heavy atom. The van der Waals surface area contributed by atoms with E-state index in [4.69, 9.17) is 14.0 Å². The second-order valence-corrected chi connectivity index (χ2v) is 7.51. The van der Waals surface area contributed by atoms with Crippen molar-refractivity contribution in [3.05, 3.63) is 59.5 Å². The highest BCUT2D eigenvalue weighted by molar-refractivity contribution is 5.94. The van der Waals surface area contributed by atoms with Crippen LogP contribution in [0.4, 0.5) is 0 Å². The quantitative estimate of drug-likeness (QED) is 0.620. The van der Waals surface area contributed by atoms with E-state index in [1.54, 1.807) is 21.1 Å². The number of imidazole rings is 1. The number of amides is 1. The molecule has 0 N–H and O–H groups in total. The summed E-state index contributed by atoms with van der Waals surface area (Å²) in [4.78, 5) is 19.2. The highest BCUT2D eigenvalue weighted by Crippen LogP contribution is 2.29. The van der Waals surface area contributed by atoms with Crippen molar-refractivity contribution in [2.45, 2.75) is 32.2 Å². The van der Waals surface area contributed by atoms with Gasteiger partial charge < -0.3 is 23.5 Å². The van der Waals surface area contributed by atoms with Crippen LogP contribution < -0.4 is 9.47 Å². The van der Waals surface area contributed by atoms with E-state index in [0.717, 1.165) is 35.7 Å². The fourth-order valence-electron chi connectivity index (χ4n) is 3.98. The maximum atomic E-state index is 12.7. The zero-order valence-corrected chi connectivity index (χ0v) is 17.5. The molecule has 158 valence electrons. The van der Waals surface area contributed by atoms with Crippen molar-refractivity contribution in [3.8, 4) is 11.5 Å².